The molecule has 0 amide bonds. The van der Waals surface area contributed by atoms with Crippen LogP contribution in [0.15, 0.2) is 11.4 Å². The van der Waals surface area contributed by atoms with Gasteiger partial charge in [0.05, 0.1) is 5.60 Å². The Balaban J connectivity index is 2.29. The minimum Gasteiger partial charge on any atom is -0.385 e. The van der Waals surface area contributed by atoms with Gasteiger partial charge in [0.2, 0.25) is 0 Å². The molecule has 1 aliphatic rings. The highest BCUT2D eigenvalue weighted by atomic mass is 32.1. The highest BCUT2D eigenvalue weighted by Gasteiger charge is 2.38. The van der Waals surface area contributed by atoms with Gasteiger partial charge in [-0.3, -0.25) is 0 Å². The second-order valence-electron chi connectivity index (χ2n) is 5.28. The maximum absolute atomic E-state index is 10.8. The standard InChI is InChI=1S/C13H20OS/c1-9-6-10(2)8-13(14,7-9)12-4-5-15-11(12)3/h4-5,9-10,14H,6-8H2,1-3H3. The van der Waals surface area contributed by atoms with Gasteiger partial charge in [-0.25, -0.2) is 0 Å². The summed E-state index contributed by atoms with van der Waals surface area (Å²) in [6.07, 6.45) is 3.11. The molecule has 1 aromatic heterocycles. The van der Waals surface area contributed by atoms with Gasteiger partial charge >= 0.3 is 0 Å². The smallest absolute Gasteiger partial charge is 0.0912 e. The second-order valence-corrected chi connectivity index (χ2v) is 6.40. The average Bonchev–Trinajstić information content (AvgIpc) is 2.48. The lowest BCUT2D eigenvalue weighted by molar-refractivity contribution is -0.0363. The third-order valence-corrected chi connectivity index (χ3v) is 4.38. The van der Waals surface area contributed by atoms with Crippen molar-refractivity contribution in [3.8, 4) is 0 Å². The monoisotopic (exact) mass is 224 g/mol. The summed E-state index contributed by atoms with van der Waals surface area (Å²) in [7, 11) is 0. The molecule has 2 unspecified atom stereocenters. The highest BCUT2D eigenvalue weighted by molar-refractivity contribution is 7.10. The maximum atomic E-state index is 10.8. The van der Waals surface area contributed by atoms with E-state index in [0.717, 1.165) is 12.8 Å². The Hall–Kier alpha value is -0.340. The van der Waals surface area contributed by atoms with Gasteiger partial charge in [-0.1, -0.05) is 13.8 Å². The van der Waals surface area contributed by atoms with Gasteiger partial charge in [0, 0.05) is 4.88 Å². The number of thiophene rings is 1. The first-order valence-corrected chi connectivity index (χ1v) is 6.66. The van der Waals surface area contributed by atoms with Crippen LogP contribution >= 0.6 is 11.3 Å². The van der Waals surface area contributed by atoms with Crippen LogP contribution in [0.3, 0.4) is 0 Å². The van der Waals surface area contributed by atoms with E-state index < -0.39 is 5.60 Å². The molecule has 0 bridgehead atoms. The molecular weight excluding hydrogens is 204 g/mol. The molecule has 0 aromatic carbocycles. The molecule has 0 aliphatic heterocycles. The summed E-state index contributed by atoms with van der Waals surface area (Å²) in [5.74, 6) is 1.27. The first kappa shape index (κ1) is 11.2. The van der Waals surface area contributed by atoms with Crippen LogP contribution in [-0.4, -0.2) is 5.11 Å². The average molecular weight is 224 g/mol. The Labute approximate surface area is 96.1 Å². The Kier molecular flexibility index (Phi) is 2.91. The predicted octanol–water partition coefficient (Wildman–Crippen LogP) is 3.70. The Morgan fingerprint density at radius 1 is 1.33 bits per heavy atom. The number of aliphatic hydroxyl groups is 1. The van der Waals surface area contributed by atoms with Crippen molar-refractivity contribution in [3.05, 3.63) is 21.9 Å². The lowest BCUT2D eigenvalue weighted by atomic mass is 9.71. The van der Waals surface area contributed by atoms with E-state index in [1.165, 1.54) is 16.9 Å². The molecule has 15 heavy (non-hydrogen) atoms. The van der Waals surface area contributed by atoms with Gasteiger partial charge in [-0.15, -0.1) is 11.3 Å². The van der Waals surface area contributed by atoms with Crippen LogP contribution in [0.2, 0.25) is 0 Å². The minimum absolute atomic E-state index is 0.554. The molecule has 1 saturated carbocycles. The van der Waals surface area contributed by atoms with E-state index >= 15 is 0 Å². The first-order valence-electron chi connectivity index (χ1n) is 5.78. The van der Waals surface area contributed by atoms with Crippen LogP contribution in [0.5, 0.6) is 0 Å². The van der Waals surface area contributed by atoms with Crippen molar-refractivity contribution in [1.82, 2.24) is 0 Å². The summed E-state index contributed by atoms with van der Waals surface area (Å²) in [5, 5.41) is 12.8. The van der Waals surface area contributed by atoms with Crippen molar-refractivity contribution in [2.75, 3.05) is 0 Å². The van der Waals surface area contributed by atoms with E-state index in [2.05, 4.69) is 32.2 Å². The fraction of sp³-hybridized carbons (Fsp3) is 0.692. The van der Waals surface area contributed by atoms with Crippen LogP contribution in [0.1, 0.15) is 43.6 Å². The van der Waals surface area contributed by atoms with Crippen molar-refractivity contribution < 1.29 is 5.11 Å². The fourth-order valence-electron chi connectivity index (χ4n) is 3.18. The number of hydrogen-bond donors (Lipinski definition) is 1. The fourth-order valence-corrected chi connectivity index (χ4v) is 3.97. The Morgan fingerprint density at radius 3 is 2.40 bits per heavy atom. The van der Waals surface area contributed by atoms with Crippen molar-refractivity contribution in [3.63, 3.8) is 0 Å². The summed E-state index contributed by atoms with van der Waals surface area (Å²) >= 11 is 1.74. The van der Waals surface area contributed by atoms with Gasteiger partial charge in [0.15, 0.2) is 0 Å². The van der Waals surface area contributed by atoms with E-state index in [-0.39, 0.29) is 0 Å². The largest absolute Gasteiger partial charge is 0.385 e. The van der Waals surface area contributed by atoms with Crippen LogP contribution in [0, 0.1) is 18.8 Å². The molecule has 1 aromatic rings. The van der Waals surface area contributed by atoms with Crippen molar-refractivity contribution in [2.45, 2.75) is 45.6 Å². The van der Waals surface area contributed by atoms with Crippen LogP contribution in [0.4, 0.5) is 0 Å². The third-order valence-electron chi connectivity index (χ3n) is 3.54. The van der Waals surface area contributed by atoms with E-state index in [4.69, 9.17) is 0 Å². The molecule has 2 rings (SSSR count). The minimum atomic E-state index is -0.554. The summed E-state index contributed by atoms with van der Waals surface area (Å²) in [6, 6.07) is 2.10. The normalized spacial score (nSPS) is 36.8. The van der Waals surface area contributed by atoms with Gasteiger partial charge in [0.25, 0.3) is 0 Å². The van der Waals surface area contributed by atoms with Gasteiger partial charge < -0.3 is 5.11 Å². The molecule has 2 atom stereocenters. The zero-order chi connectivity index (χ0) is 11.1. The topological polar surface area (TPSA) is 20.2 Å². The van der Waals surface area contributed by atoms with Gasteiger partial charge in [0.1, 0.15) is 0 Å². The van der Waals surface area contributed by atoms with Crippen LogP contribution in [0.25, 0.3) is 0 Å². The number of hydrogen-bond acceptors (Lipinski definition) is 2. The van der Waals surface area contributed by atoms with Crippen molar-refractivity contribution in [2.24, 2.45) is 11.8 Å². The molecule has 0 radical (unpaired) electrons. The molecule has 1 N–H and O–H groups in total. The van der Waals surface area contributed by atoms with E-state index in [1.807, 2.05) is 0 Å². The number of rotatable bonds is 1. The molecule has 0 saturated heterocycles. The summed E-state index contributed by atoms with van der Waals surface area (Å²) in [4.78, 5) is 1.28. The summed E-state index contributed by atoms with van der Waals surface area (Å²) in [5.41, 5.74) is 0.618. The Bertz CT molecular complexity index is 332. The molecule has 2 heteroatoms. The van der Waals surface area contributed by atoms with E-state index in [9.17, 15) is 5.11 Å². The number of aryl methyl sites for hydroxylation is 1. The second kappa shape index (κ2) is 3.91. The lowest BCUT2D eigenvalue weighted by Gasteiger charge is -2.39. The predicted molar refractivity (Wildman–Crippen MR) is 65.1 cm³/mol. The molecular formula is C13H20OS. The summed E-state index contributed by atoms with van der Waals surface area (Å²) < 4.78 is 0. The van der Waals surface area contributed by atoms with Crippen LogP contribution < -0.4 is 0 Å². The van der Waals surface area contributed by atoms with Crippen molar-refractivity contribution in [1.29, 1.82) is 0 Å². The molecule has 0 spiro atoms. The molecule has 1 nitrogen and oxygen atoms in total. The molecule has 84 valence electrons. The third kappa shape index (κ3) is 2.11. The van der Waals surface area contributed by atoms with E-state index in [1.54, 1.807) is 11.3 Å². The quantitative estimate of drug-likeness (QED) is 0.771. The molecule has 1 heterocycles. The highest BCUT2D eigenvalue weighted by Crippen LogP contribution is 2.44. The first-order chi connectivity index (χ1) is 7.01. The van der Waals surface area contributed by atoms with Gasteiger partial charge in [-0.2, -0.15) is 0 Å². The van der Waals surface area contributed by atoms with Gasteiger partial charge in [-0.05, 0) is 55.0 Å². The summed E-state index contributed by atoms with van der Waals surface area (Å²) in [6.45, 7) is 6.62. The lowest BCUT2D eigenvalue weighted by Crippen LogP contribution is -2.35. The Morgan fingerprint density at radius 2 is 1.93 bits per heavy atom. The maximum Gasteiger partial charge on any atom is 0.0912 e. The van der Waals surface area contributed by atoms with Crippen LogP contribution in [-0.2, 0) is 5.60 Å². The molecule has 1 aliphatic carbocycles. The van der Waals surface area contributed by atoms with E-state index in [0.29, 0.717) is 11.8 Å². The molecule has 1 fully saturated rings. The van der Waals surface area contributed by atoms with Crippen molar-refractivity contribution >= 4 is 11.3 Å². The zero-order valence-corrected chi connectivity index (χ0v) is 10.6. The zero-order valence-electron chi connectivity index (χ0n) is 9.79. The SMILES string of the molecule is Cc1sccc1C1(O)CC(C)CC(C)C1.